The van der Waals surface area contributed by atoms with Gasteiger partial charge in [0.2, 0.25) is 0 Å². The van der Waals surface area contributed by atoms with Gasteiger partial charge in [0.1, 0.15) is 5.75 Å². The van der Waals surface area contributed by atoms with E-state index in [9.17, 15) is 9.59 Å². The van der Waals surface area contributed by atoms with Crippen LogP contribution in [0, 0.1) is 13.8 Å². The van der Waals surface area contributed by atoms with Crippen molar-refractivity contribution in [2.75, 3.05) is 40.5 Å². The van der Waals surface area contributed by atoms with Crippen molar-refractivity contribution in [3.8, 4) is 5.75 Å². The zero-order valence-corrected chi connectivity index (χ0v) is 15.0. The standard InChI is InChI=1S/C18H27NO5/c1-14-6-7-15(2)16(12-14)24-13-17(20)19(9-5-11-22-3)10-8-18(21)23-4/h6-7,12H,5,8-11,13H2,1-4H3. The van der Waals surface area contributed by atoms with Gasteiger partial charge in [-0.25, -0.2) is 0 Å². The monoisotopic (exact) mass is 337 g/mol. The van der Waals surface area contributed by atoms with Crippen molar-refractivity contribution in [2.45, 2.75) is 26.7 Å². The summed E-state index contributed by atoms with van der Waals surface area (Å²) in [4.78, 5) is 25.3. The van der Waals surface area contributed by atoms with E-state index in [1.807, 2.05) is 32.0 Å². The first-order valence-electron chi connectivity index (χ1n) is 8.01. The molecule has 0 heterocycles. The molecule has 0 fully saturated rings. The van der Waals surface area contributed by atoms with Crippen molar-refractivity contribution >= 4 is 11.9 Å². The van der Waals surface area contributed by atoms with Crippen molar-refractivity contribution in [1.82, 2.24) is 4.90 Å². The molecule has 0 radical (unpaired) electrons. The molecule has 1 amide bonds. The van der Waals surface area contributed by atoms with Crippen LogP contribution >= 0.6 is 0 Å². The molecule has 1 aromatic rings. The molecule has 24 heavy (non-hydrogen) atoms. The lowest BCUT2D eigenvalue weighted by Crippen LogP contribution is -2.37. The summed E-state index contributed by atoms with van der Waals surface area (Å²) in [6.07, 6.45) is 0.867. The first-order chi connectivity index (χ1) is 11.5. The van der Waals surface area contributed by atoms with Crippen molar-refractivity contribution in [2.24, 2.45) is 0 Å². The highest BCUT2D eigenvalue weighted by atomic mass is 16.5. The summed E-state index contributed by atoms with van der Waals surface area (Å²) in [5.41, 5.74) is 2.06. The number of ether oxygens (including phenoxy) is 3. The highest BCUT2D eigenvalue weighted by molar-refractivity contribution is 5.78. The van der Waals surface area contributed by atoms with E-state index in [4.69, 9.17) is 9.47 Å². The third-order valence-electron chi connectivity index (χ3n) is 3.64. The smallest absolute Gasteiger partial charge is 0.307 e. The van der Waals surface area contributed by atoms with Crippen molar-refractivity contribution in [3.05, 3.63) is 29.3 Å². The summed E-state index contributed by atoms with van der Waals surface area (Å²) in [7, 11) is 2.95. The maximum absolute atomic E-state index is 12.4. The molecule has 0 saturated heterocycles. The van der Waals surface area contributed by atoms with E-state index in [2.05, 4.69) is 4.74 Å². The molecule has 0 saturated carbocycles. The average Bonchev–Trinajstić information content (AvgIpc) is 2.58. The highest BCUT2D eigenvalue weighted by Crippen LogP contribution is 2.19. The molecule has 0 spiro atoms. The molecule has 0 aliphatic carbocycles. The fourth-order valence-corrected chi connectivity index (χ4v) is 2.18. The molecule has 6 nitrogen and oxygen atoms in total. The van der Waals surface area contributed by atoms with Crippen molar-refractivity contribution < 1.29 is 23.8 Å². The molecule has 134 valence electrons. The fraction of sp³-hybridized carbons (Fsp3) is 0.556. The minimum Gasteiger partial charge on any atom is -0.483 e. The van der Waals surface area contributed by atoms with E-state index in [1.165, 1.54) is 7.11 Å². The van der Waals surface area contributed by atoms with Gasteiger partial charge >= 0.3 is 5.97 Å². The number of nitrogens with zero attached hydrogens (tertiary/aromatic N) is 1. The van der Waals surface area contributed by atoms with Crippen LogP contribution in [0.2, 0.25) is 0 Å². The number of hydrogen-bond donors (Lipinski definition) is 0. The molecule has 6 heteroatoms. The van der Waals surface area contributed by atoms with E-state index < -0.39 is 0 Å². The van der Waals surface area contributed by atoms with E-state index in [-0.39, 0.29) is 24.9 Å². The summed E-state index contributed by atoms with van der Waals surface area (Å²) < 4.78 is 15.3. The molecular weight excluding hydrogens is 310 g/mol. The Bertz CT molecular complexity index is 544. The van der Waals surface area contributed by atoms with Gasteiger partial charge in [0.25, 0.3) is 5.91 Å². The number of esters is 1. The SMILES string of the molecule is COCCCN(CCC(=O)OC)C(=O)COc1cc(C)ccc1C. The van der Waals surface area contributed by atoms with Crippen LogP contribution < -0.4 is 4.74 Å². The summed E-state index contributed by atoms with van der Waals surface area (Å²) in [5, 5.41) is 0. The first-order valence-corrected chi connectivity index (χ1v) is 8.01. The largest absolute Gasteiger partial charge is 0.483 e. The lowest BCUT2D eigenvalue weighted by Gasteiger charge is -2.22. The molecular formula is C18H27NO5. The Labute approximate surface area is 143 Å². The van der Waals surface area contributed by atoms with E-state index in [1.54, 1.807) is 12.0 Å². The van der Waals surface area contributed by atoms with Gasteiger partial charge in [-0.2, -0.15) is 0 Å². The summed E-state index contributed by atoms with van der Waals surface area (Å²) >= 11 is 0. The van der Waals surface area contributed by atoms with Crippen LogP contribution in [0.5, 0.6) is 5.75 Å². The number of rotatable bonds is 10. The Kier molecular flexibility index (Phi) is 8.86. The molecule has 0 atom stereocenters. The maximum atomic E-state index is 12.4. The van der Waals surface area contributed by atoms with E-state index in [0.29, 0.717) is 31.9 Å². The van der Waals surface area contributed by atoms with Gasteiger partial charge in [0.15, 0.2) is 6.61 Å². The van der Waals surface area contributed by atoms with Crippen molar-refractivity contribution in [1.29, 1.82) is 0 Å². The maximum Gasteiger partial charge on any atom is 0.307 e. The Morgan fingerprint density at radius 1 is 1.12 bits per heavy atom. The normalized spacial score (nSPS) is 10.3. The third kappa shape index (κ3) is 7.00. The van der Waals surface area contributed by atoms with Crippen LogP contribution in [0.1, 0.15) is 24.0 Å². The summed E-state index contributed by atoms with van der Waals surface area (Å²) in [5.74, 6) is 0.207. The Balaban J connectivity index is 2.61. The van der Waals surface area contributed by atoms with Crippen LogP contribution in [-0.4, -0.2) is 57.3 Å². The summed E-state index contributed by atoms with van der Waals surface area (Å²) in [6.45, 7) is 5.23. The van der Waals surface area contributed by atoms with Crippen molar-refractivity contribution in [3.63, 3.8) is 0 Å². The average molecular weight is 337 g/mol. The van der Waals surface area contributed by atoms with E-state index >= 15 is 0 Å². The van der Waals surface area contributed by atoms with Crippen LogP contribution in [0.25, 0.3) is 0 Å². The van der Waals surface area contributed by atoms with Gasteiger partial charge in [-0.15, -0.1) is 0 Å². The van der Waals surface area contributed by atoms with Crippen LogP contribution in [0.15, 0.2) is 18.2 Å². The lowest BCUT2D eigenvalue weighted by atomic mass is 10.1. The molecule has 0 aliphatic rings. The molecule has 1 aromatic carbocycles. The molecule has 0 aliphatic heterocycles. The van der Waals surface area contributed by atoms with Gasteiger partial charge in [-0.05, 0) is 37.5 Å². The third-order valence-corrected chi connectivity index (χ3v) is 3.64. The minimum atomic E-state index is -0.338. The Morgan fingerprint density at radius 3 is 2.54 bits per heavy atom. The minimum absolute atomic E-state index is 0.0571. The molecule has 0 aromatic heterocycles. The number of benzene rings is 1. The lowest BCUT2D eigenvalue weighted by molar-refractivity contribution is -0.142. The van der Waals surface area contributed by atoms with Gasteiger partial charge < -0.3 is 19.1 Å². The molecule has 0 unspecified atom stereocenters. The van der Waals surface area contributed by atoms with Gasteiger partial charge in [-0.1, -0.05) is 12.1 Å². The number of methoxy groups -OCH3 is 2. The van der Waals surface area contributed by atoms with Gasteiger partial charge in [0.05, 0.1) is 13.5 Å². The second-order valence-electron chi connectivity index (χ2n) is 5.61. The van der Waals surface area contributed by atoms with Crippen LogP contribution in [0.4, 0.5) is 0 Å². The van der Waals surface area contributed by atoms with Gasteiger partial charge in [-0.3, -0.25) is 9.59 Å². The quantitative estimate of drug-likeness (QED) is 0.483. The molecule has 1 rings (SSSR count). The second kappa shape index (κ2) is 10.6. The zero-order valence-electron chi connectivity index (χ0n) is 15.0. The van der Waals surface area contributed by atoms with E-state index in [0.717, 1.165) is 11.1 Å². The number of carbonyl (C=O) groups is 2. The first kappa shape index (κ1) is 20.0. The number of aryl methyl sites for hydroxylation is 2. The topological polar surface area (TPSA) is 65.1 Å². The Hall–Kier alpha value is -2.08. The number of hydrogen-bond acceptors (Lipinski definition) is 5. The number of amides is 1. The predicted molar refractivity (Wildman–Crippen MR) is 91.1 cm³/mol. The molecule has 0 bridgehead atoms. The summed E-state index contributed by atoms with van der Waals surface area (Å²) in [6, 6.07) is 5.87. The highest BCUT2D eigenvalue weighted by Gasteiger charge is 2.16. The Morgan fingerprint density at radius 2 is 1.88 bits per heavy atom. The fourth-order valence-electron chi connectivity index (χ4n) is 2.18. The van der Waals surface area contributed by atoms with Gasteiger partial charge in [0, 0.05) is 26.8 Å². The molecule has 0 N–H and O–H groups in total. The zero-order chi connectivity index (χ0) is 17.9. The van der Waals surface area contributed by atoms with Crippen LogP contribution in [0.3, 0.4) is 0 Å². The number of carbonyl (C=O) groups excluding carboxylic acids is 2. The van der Waals surface area contributed by atoms with Crippen LogP contribution in [-0.2, 0) is 19.1 Å². The second-order valence-corrected chi connectivity index (χ2v) is 5.61. The predicted octanol–water partition coefficient (Wildman–Crippen LogP) is 2.11.